The zero-order valence-electron chi connectivity index (χ0n) is 14.5. The van der Waals surface area contributed by atoms with Crippen molar-refractivity contribution in [2.24, 2.45) is 19.8 Å². The van der Waals surface area contributed by atoms with Gasteiger partial charge in [0.25, 0.3) is 5.56 Å². The second-order valence-electron chi connectivity index (χ2n) is 6.29. The molecule has 1 amide bonds. The highest BCUT2D eigenvalue weighted by Crippen LogP contribution is 2.19. The molecule has 3 aromatic rings. The Balaban J connectivity index is 1.79. The molecule has 2 heterocycles. The molecule has 0 saturated heterocycles. The van der Waals surface area contributed by atoms with Gasteiger partial charge in [-0.25, -0.2) is 0 Å². The first kappa shape index (κ1) is 16.9. The molecule has 0 fully saturated rings. The first-order valence-electron chi connectivity index (χ1n) is 7.99. The fourth-order valence-electron chi connectivity index (χ4n) is 2.88. The summed E-state index contributed by atoms with van der Waals surface area (Å²) >= 11 is 0. The van der Waals surface area contributed by atoms with Crippen LogP contribution in [0, 0.1) is 6.92 Å². The molecule has 0 aliphatic carbocycles. The Hall–Kier alpha value is -2.93. The number of fused-ring (bicyclic) bond motifs is 1. The minimum absolute atomic E-state index is 0.0252. The molecule has 3 rings (SSSR count). The van der Waals surface area contributed by atoms with Crippen molar-refractivity contribution in [1.29, 1.82) is 0 Å². The van der Waals surface area contributed by atoms with E-state index in [1.807, 2.05) is 31.4 Å². The molecule has 3 N–H and O–H groups in total. The number of aromatic nitrogens is 3. The highest BCUT2D eigenvalue weighted by atomic mass is 16.2. The Labute approximate surface area is 145 Å². The molecular weight excluding hydrogens is 318 g/mol. The Morgan fingerprint density at radius 1 is 1.32 bits per heavy atom. The molecule has 0 aliphatic rings. The van der Waals surface area contributed by atoms with Crippen LogP contribution >= 0.6 is 0 Å². The molecule has 0 saturated carbocycles. The largest absolute Gasteiger partial charge is 0.325 e. The summed E-state index contributed by atoms with van der Waals surface area (Å²) in [6.07, 6.45) is 3.96. The van der Waals surface area contributed by atoms with Crippen LogP contribution in [0.25, 0.3) is 10.9 Å². The summed E-state index contributed by atoms with van der Waals surface area (Å²) in [5.74, 6) is -0.259. The monoisotopic (exact) mass is 339 g/mol. The number of nitrogens with zero attached hydrogens (tertiary/aromatic N) is 3. The van der Waals surface area contributed by atoms with Crippen molar-refractivity contribution in [3.63, 3.8) is 0 Å². The summed E-state index contributed by atoms with van der Waals surface area (Å²) in [5, 5.41) is 7.80. The van der Waals surface area contributed by atoms with Crippen molar-refractivity contribution in [2.45, 2.75) is 19.4 Å². The zero-order chi connectivity index (χ0) is 18.1. The van der Waals surface area contributed by atoms with Crippen LogP contribution in [0.2, 0.25) is 0 Å². The van der Waals surface area contributed by atoms with E-state index >= 15 is 0 Å². The van der Waals surface area contributed by atoms with Crippen LogP contribution in [0.3, 0.4) is 0 Å². The predicted octanol–water partition coefficient (Wildman–Crippen LogP) is 1.09. The van der Waals surface area contributed by atoms with Crippen LogP contribution in [0.1, 0.15) is 11.1 Å². The smallest absolute Gasteiger partial charge is 0.253 e. The SMILES string of the molecule is Cc1cc2cc(NC(=O)C(N)Cc3cnn(C)c3)ccc2n(C)c1=O. The summed E-state index contributed by atoms with van der Waals surface area (Å²) < 4.78 is 3.28. The highest BCUT2D eigenvalue weighted by molar-refractivity contribution is 5.96. The molecule has 1 aromatic carbocycles. The van der Waals surface area contributed by atoms with E-state index in [2.05, 4.69) is 10.4 Å². The predicted molar refractivity (Wildman–Crippen MR) is 97.4 cm³/mol. The molecule has 7 nitrogen and oxygen atoms in total. The highest BCUT2D eigenvalue weighted by Gasteiger charge is 2.15. The normalized spacial score (nSPS) is 12.3. The van der Waals surface area contributed by atoms with Gasteiger partial charge in [0.05, 0.1) is 17.8 Å². The molecule has 7 heteroatoms. The van der Waals surface area contributed by atoms with Crippen LogP contribution < -0.4 is 16.6 Å². The van der Waals surface area contributed by atoms with E-state index in [1.54, 1.807) is 35.5 Å². The Kier molecular flexibility index (Phi) is 4.41. The molecule has 0 radical (unpaired) electrons. The van der Waals surface area contributed by atoms with Crippen molar-refractivity contribution in [3.8, 4) is 0 Å². The second kappa shape index (κ2) is 6.52. The van der Waals surface area contributed by atoms with Gasteiger partial charge in [-0.3, -0.25) is 14.3 Å². The fraction of sp³-hybridized carbons (Fsp3) is 0.278. The Morgan fingerprint density at radius 3 is 2.76 bits per heavy atom. The standard InChI is InChI=1S/C18H21N5O2/c1-11-6-13-8-14(4-5-16(13)23(3)18(11)25)21-17(24)15(19)7-12-9-20-22(2)10-12/h4-6,8-10,15H,7,19H2,1-3H3,(H,21,24). The third-order valence-electron chi connectivity index (χ3n) is 4.22. The van der Waals surface area contributed by atoms with Crippen LogP contribution in [-0.2, 0) is 25.3 Å². The van der Waals surface area contributed by atoms with Gasteiger partial charge in [-0.05, 0) is 43.2 Å². The number of carbonyl (C=O) groups excluding carboxylic acids is 1. The minimum Gasteiger partial charge on any atom is -0.325 e. The number of rotatable bonds is 4. The number of aryl methyl sites for hydroxylation is 3. The third-order valence-corrected chi connectivity index (χ3v) is 4.22. The van der Waals surface area contributed by atoms with Crippen LogP contribution in [-0.4, -0.2) is 26.3 Å². The lowest BCUT2D eigenvalue weighted by atomic mass is 10.1. The van der Waals surface area contributed by atoms with Crippen LogP contribution in [0.4, 0.5) is 5.69 Å². The van der Waals surface area contributed by atoms with E-state index in [9.17, 15) is 9.59 Å². The van der Waals surface area contributed by atoms with Gasteiger partial charge in [0.15, 0.2) is 0 Å². The van der Waals surface area contributed by atoms with Crippen molar-refractivity contribution in [2.75, 3.05) is 5.32 Å². The van der Waals surface area contributed by atoms with Gasteiger partial charge in [-0.2, -0.15) is 5.10 Å². The molecule has 2 aromatic heterocycles. The number of amides is 1. The van der Waals surface area contributed by atoms with Gasteiger partial charge < -0.3 is 15.6 Å². The summed E-state index contributed by atoms with van der Waals surface area (Å²) in [6.45, 7) is 1.77. The van der Waals surface area contributed by atoms with Crippen molar-refractivity contribution in [3.05, 3.63) is 58.1 Å². The van der Waals surface area contributed by atoms with Crippen molar-refractivity contribution >= 4 is 22.5 Å². The number of nitrogens with one attached hydrogen (secondary N) is 1. The molecule has 130 valence electrons. The molecule has 0 aliphatic heterocycles. The van der Waals surface area contributed by atoms with E-state index in [-0.39, 0.29) is 11.5 Å². The first-order valence-corrected chi connectivity index (χ1v) is 7.99. The molecule has 1 atom stereocenters. The summed E-state index contributed by atoms with van der Waals surface area (Å²) in [5.41, 5.74) is 9.00. The molecular formula is C18H21N5O2. The van der Waals surface area contributed by atoms with Gasteiger partial charge in [-0.15, -0.1) is 0 Å². The third kappa shape index (κ3) is 3.46. The lowest BCUT2D eigenvalue weighted by molar-refractivity contribution is -0.117. The van der Waals surface area contributed by atoms with Gasteiger partial charge in [-0.1, -0.05) is 0 Å². The van der Waals surface area contributed by atoms with Gasteiger partial charge in [0.2, 0.25) is 5.91 Å². The topological polar surface area (TPSA) is 94.9 Å². The van der Waals surface area contributed by atoms with E-state index in [4.69, 9.17) is 5.73 Å². The van der Waals surface area contributed by atoms with Gasteiger partial charge in [0.1, 0.15) is 0 Å². The lowest BCUT2D eigenvalue weighted by Crippen LogP contribution is -2.37. The number of carbonyl (C=O) groups is 1. The average molecular weight is 339 g/mol. The first-order chi connectivity index (χ1) is 11.8. The number of hydrogen-bond donors (Lipinski definition) is 2. The maximum absolute atomic E-state index is 12.3. The number of benzene rings is 1. The fourth-order valence-corrected chi connectivity index (χ4v) is 2.88. The van der Waals surface area contributed by atoms with Gasteiger partial charge >= 0.3 is 0 Å². The maximum Gasteiger partial charge on any atom is 0.253 e. The average Bonchev–Trinajstić information content (AvgIpc) is 2.97. The number of anilines is 1. The molecule has 0 bridgehead atoms. The van der Waals surface area contributed by atoms with Crippen LogP contribution in [0.15, 0.2) is 41.5 Å². The molecule has 0 spiro atoms. The Bertz CT molecular complexity index is 1000. The quantitative estimate of drug-likeness (QED) is 0.744. The van der Waals surface area contributed by atoms with Crippen molar-refractivity contribution in [1.82, 2.24) is 14.3 Å². The maximum atomic E-state index is 12.3. The minimum atomic E-state index is -0.665. The molecule has 1 unspecified atom stereocenters. The Morgan fingerprint density at radius 2 is 2.08 bits per heavy atom. The second-order valence-corrected chi connectivity index (χ2v) is 6.29. The summed E-state index contributed by atoms with van der Waals surface area (Å²) in [6, 6.07) is 6.59. The molecule has 25 heavy (non-hydrogen) atoms. The summed E-state index contributed by atoms with van der Waals surface area (Å²) in [4.78, 5) is 24.3. The zero-order valence-corrected chi connectivity index (χ0v) is 14.5. The number of pyridine rings is 1. The van der Waals surface area contributed by atoms with E-state index in [0.717, 1.165) is 16.5 Å². The van der Waals surface area contributed by atoms with Gasteiger partial charge in [0, 0.05) is 36.9 Å². The number of nitrogens with two attached hydrogens (primary N) is 1. The van der Waals surface area contributed by atoms with E-state index < -0.39 is 6.04 Å². The lowest BCUT2D eigenvalue weighted by Gasteiger charge is -2.13. The summed E-state index contributed by atoms with van der Waals surface area (Å²) in [7, 11) is 3.55. The van der Waals surface area contributed by atoms with E-state index in [1.165, 1.54) is 0 Å². The van der Waals surface area contributed by atoms with E-state index in [0.29, 0.717) is 17.7 Å². The van der Waals surface area contributed by atoms with Crippen molar-refractivity contribution < 1.29 is 4.79 Å². The van der Waals surface area contributed by atoms with Crippen LogP contribution in [0.5, 0.6) is 0 Å². The number of hydrogen-bond acceptors (Lipinski definition) is 4.